The van der Waals surface area contributed by atoms with Crippen molar-refractivity contribution < 1.29 is 48.1 Å². The van der Waals surface area contributed by atoms with E-state index in [1.165, 1.54) is 0 Å². The van der Waals surface area contributed by atoms with E-state index in [4.69, 9.17) is 4.55 Å². The molecule has 31 heavy (non-hydrogen) atoms. The summed E-state index contributed by atoms with van der Waals surface area (Å²) in [6.07, 6.45) is 3.71. The zero-order chi connectivity index (χ0) is 25.0. The lowest BCUT2D eigenvalue weighted by molar-refractivity contribution is -0.349. The van der Waals surface area contributed by atoms with Crippen molar-refractivity contribution in [3.05, 3.63) is 25.3 Å². The molecule has 13 heteroatoms. The molecule has 0 aliphatic carbocycles. The molecule has 0 spiro atoms. The third-order valence-electron chi connectivity index (χ3n) is 3.96. The highest BCUT2D eigenvalue weighted by Gasteiger charge is 2.84. The summed E-state index contributed by atoms with van der Waals surface area (Å²) in [4.78, 5) is 0. The Morgan fingerprint density at radius 3 is 1.61 bits per heavy atom. The molecule has 0 rings (SSSR count). The third-order valence-corrected chi connectivity index (χ3v) is 4.87. The van der Waals surface area contributed by atoms with Crippen LogP contribution in [0.15, 0.2) is 25.3 Å². The predicted molar refractivity (Wildman–Crippen MR) is 103 cm³/mol. The Hall–Kier alpha value is -1.21. The van der Waals surface area contributed by atoms with Gasteiger partial charge in [0, 0.05) is 19.5 Å². The van der Waals surface area contributed by atoms with Crippen molar-refractivity contribution >= 4 is 10.1 Å². The van der Waals surface area contributed by atoms with E-state index in [1.807, 2.05) is 19.1 Å². The molecule has 0 amide bonds. The maximum atomic E-state index is 13.4. The van der Waals surface area contributed by atoms with Gasteiger partial charge in [-0.3, -0.25) is 4.55 Å². The molecule has 0 atom stereocenters. The Bertz CT molecular complexity index is 632. The fraction of sp³-hybridized carbons (Fsp3) is 0.778. The minimum atomic E-state index is -7.04. The molecule has 0 aliphatic rings. The predicted octanol–water partition coefficient (Wildman–Crippen LogP) is 6.07. The summed E-state index contributed by atoms with van der Waals surface area (Å²) >= 11 is 0. The SMILES string of the molecule is C=CCNCC=C.CCCCCCCCC(F)(F)C(F)(F)C(F)(F)C(F)(F)S(=O)(=O)O. The zero-order valence-electron chi connectivity index (χ0n) is 17.1. The molecule has 0 saturated heterocycles. The van der Waals surface area contributed by atoms with E-state index in [9.17, 15) is 43.5 Å². The van der Waals surface area contributed by atoms with Crippen LogP contribution in [0.4, 0.5) is 35.1 Å². The van der Waals surface area contributed by atoms with Gasteiger partial charge in [-0.2, -0.15) is 43.5 Å². The molecule has 0 aromatic heterocycles. The van der Waals surface area contributed by atoms with Crippen molar-refractivity contribution in [1.29, 1.82) is 0 Å². The summed E-state index contributed by atoms with van der Waals surface area (Å²) in [6.45, 7) is 10.7. The van der Waals surface area contributed by atoms with Gasteiger partial charge in [-0.25, -0.2) is 0 Å². The minimum Gasteiger partial charge on any atom is -0.310 e. The van der Waals surface area contributed by atoms with Crippen LogP contribution in [-0.4, -0.2) is 49.1 Å². The first-order valence-electron chi connectivity index (χ1n) is 9.38. The monoisotopic (exact) mass is 491 g/mol. The highest BCUT2D eigenvalue weighted by Crippen LogP contribution is 2.55. The summed E-state index contributed by atoms with van der Waals surface area (Å²) in [5.74, 6) is -19.3. The molecule has 4 nitrogen and oxygen atoms in total. The number of rotatable bonds is 15. The van der Waals surface area contributed by atoms with Crippen molar-refractivity contribution in [2.24, 2.45) is 0 Å². The van der Waals surface area contributed by atoms with Crippen LogP contribution in [0, 0.1) is 0 Å². The quantitative estimate of drug-likeness (QED) is 0.126. The van der Waals surface area contributed by atoms with Gasteiger partial charge in [0.25, 0.3) is 0 Å². The fourth-order valence-corrected chi connectivity index (χ4v) is 2.60. The average molecular weight is 491 g/mol. The lowest BCUT2D eigenvalue weighted by atomic mass is 9.98. The summed E-state index contributed by atoms with van der Waals surface area (Å²) in [7, 11) is -7.04. The highest BCUT2D eigenvalue weighted by molar-refractivity contribution is 7.87. The van der Waals surface area contributed by atoms with Crippen molar-refractivity contribution in [3.8, 4) is 0 Å². The molecular weight excluding hydrogens is 462 g/mol. The molecule has 0 bridgehead atoms. The van der Waals surface area contributed by atoms with Crippen LogP contribution in [0.3, 0.4) is 0 Å². The fourth-order valence-electron chi connectivity index (χ4n) is 2.15. The second kappa shape index (κ2) is 13.4. The van der Waals surface area contributed by atoms with E-state index in [0.717, 1.165) is 25.9 Å². The van der Waals surface area contributed by atoms with Gasteiger partial charge in [0.1, 0.15) is 0 Å². The number of unbranched alkanes of at least 4 members (excludes halogenated alkanes) is 5. The van der Waals surface area contributed by atoms with Gasteiger partial charge in [0.05, 0.1) is 0 Å². The van der Waals surface area contributed by atoms with Crippen molar-refractivity contribution in [3.63, 3.8) is 0 Å². The van der Waals surface area contributed by atoms with Crippen molar-refractivity contribution in [2.45, 2.75) is 74.9 Å². The number of nitrogens with one attached hydrogen (secondary N) is 1. The normalized spacial score (nSPS) is 13.4. The second-order valence-corrected chi connectivity index (χ2v) is 8.06. The largest absolute Gasteiger partial charge is 0.438 e. The highest BCUT2D eigenvalue weighted by atomic mass is 32.2. The van der Waals surface area contributed by atoms with E-state index in [2.05, 4.69) is 18.5 Å². The summed E-state index contributed by atoms with van der Waals surface area (Å²) in [5, 5.41) is -3.72. The molecular formula is C18H29F8NO3S. The van der Waals surface area contributed by atoms with Crippen LogP contribution in [0.25, 0.3) is 0 Å². The van der Waals surface area contributed by atoms with Gasteiger partial charge in [0.15, 0.2) is 0 Å². The molecule has 0 radical (unpaired) electrons. The van der Waals surface area contributed by atoms with E-state index in [1.54, 1.807) is 0 Å². The van der Waals surface area contributed by atoms with Gasteiger partial charge >= 0.3 is 33.1 Å². The second-order valence-electron chi connectivity index (χ2n) is 6.60. The number of hydrogen-bond acceptors (Lipinski definition) is 3. The van der Waals surface area contributed by atoms with Gasteiger partial charge in [0.2, 0.25) is 0 Å². The number of hydrogen-bond donors (Lipinski definition) is 2. The first-order valence-corrected chi connectivity index (χ1v) is 10.8. The lowest BCUT2D eigenvalue weighted by Crippen LogP contribution is -2.64. The first kappa shape index (κ1) is 32.0. The molecule has 2 N–H and O–H groups in total. The molecule has 0 aromatic carbocycles. The summed E-state index contributed by atoms with van der Waals surface area (Å²) in [5.41, 5.74) is 0. The van der Waals surface area contributed by atoms with Crippen LogP contribution in [0.5, 0.6) is 0 Å². The molecule has 0 fully saturated rings. The summed E-state index contributed by atoms with van der Waals surface area (Å²) in [6, 6.07) is 0. The van der Waals surface area contributed by atoms with Crippen LogP contribution in [0.1, 0.15) is 51.9 Å². The van der Waals surface area contributed by atoms with Crippen molar-refractivity contribution in [2.75, 3.05) is 13.1 Å². The van der Waals surface area contributed by atoms with E-state index < -0.39 is 46.0 Å². The zero-order valence-corrected chi connectivity index (χ0v) is 17.9. The van der Waals surface area contributed by atoms with E-state index in [0.29, 0.717) is 12.8 Å². The minimum absolute atomic E-state index is 0.00800. The van der Waals surface area contributed by atoms with Gasteiger partial charge < -0.3 is 5.32 Å². The first-order chi connectivity index (χ1) is 14.0. The maximum absolute atomic E-state index is 13.4. The van der Waals surface area contributed by atoms with Crippen molar-refractivity contribution in [1.82, 2.24) is 5.32 Å². The average Bonchev–Trinajstić information content (AvgIpc) is 2.64. The van der Waals surface area contributed by atoms with Crippen LogP contribution >= 0.6 is 0 Å². The molecule has 0 aromatic rings. The molecule has 186 valence electrons. The Kier molecular flexibility index (Phi) is 13.8. The lowest BCUT2D eigenvalue weighted by Gasteiger charge is -2.35. The standard InChI is InChI=1S/C12H18F8O3S.C6H11N/c1-2-3-4-5-6-7-8-9(13,14)10(15,16)11(17,18)12(19,20)24(21,22)23;1-3-5-7-6-4-2/h2-8H2,1H3,(H,21,22,23);3-4,7H,1-2,5-6H2. The Morgan fingerprint density at radius 1 is 0.806 bits per heavy atom. The Labute approximate surface area is 177 Å². The Balaban J connectivity index is 0. The number of alkyl halides is 8. The maximum Gasteiger partial charge on any atom is 0.438 e. The van der Waals surface area contributed by atoms with E-state index >= 15 is 0 Å². The molecule has 0 saturated carbocycles. The van der Waals surface area contributed by atoms with Gasteiger partial charge in [-0.15, -0.1) is 13.2 Å². The Morgan fingerprint density at radius 2 is 1.23 bits per heavy atom. The van der Waals surface area contributed by atoms with Crippen LogP contribution < -0.4 is 5.32 Å². The van der Waals surface area contributed by atoms with Crippen LogP contribution in [0.2, 0.25) is 0 Å². The van der Waals surface area contributed by atoms with Gasteiger partial charge in [-0.1, -0.05) is 51.2 Å². The third kappa shape index (κ3) is 9.05. The molecule has 0 heterocycles. The summed E-state index contributed by atoms with van der Waals surface area (Å²) < 4.78 is 134. The van der Waals surface area contributed by atoms with E-state index in [-0.39, 0.29) is 6.42 Å². The molecule has 0 aliphatic heterocycles. The number of halogens is 8. The van der Waals surface area contributed by atoms with Crippen LogP contribution in [-0.2, 0) is 10.1 Å². The van der Waals surface area contributed by atoms with Gasteiger partial charge in [-0.05, 0) is 6.42 Å². The molecule has 0 unspecified atom stereocenters. The topological polar surface area (TPSA) is 66.4 Å². The smallest absolute Gasteiger partial charge is 0.310 e.